The number of nitrogens with one attached hydrogen (secondary N) is 1. The molecule has 7 heteroatoms. The standard InChI is InChI=1S/C16H25N3O4/c1-21-6-3-14(12-22-2)18-16(20)13-9-15(11-17-10-13)19-4-7-23-8-5-19/h9-11,14H,3-8,12H2,1-2H3,(H,18,20). The second-order valence-electron chi connectivity index (χ2n) is 5.44. The van der Waals surface area contributed by atoms with E-state index in [2.05, 4.69) is 15.2 Å². The monoisotopic (exact) mass is 323 g/mol. The van der Waals surface area contributed by atoms with Crippen LogP contribution >= 0.6 is 0 Å². The fourth-order valence-corrected chi connectivity index (χ4v) is 2.47. The van der Waals surface area contributed by atoms with E-state index in [1.165, 1.54) is 0 Å². The van der Waals surface area contributed by atoms with E-state index in [1.807, 2.05) is 6.07 Å². The summed E-state index contributed by atoms with van der Waals surface area (Å²) < 4.78 is 15.6. The first-order valence-electron chi connectivity index (χ1n) is 7.81. The quantitative estimate of drug-likeness (QED) is 0.759. The summed E-state index contributed by atoms with van der Waals surface area (Å²) in [4.78, 5) is 18.8. The number of hydrogen-bond acceptors (Lipinski definition) is 6. The van der Waals surface area contributed by atoms with Crippen molar-refractivity contribution in [3.63, 3.8) is 0 Å². The van der Waals surface area contributed by atoms with E-state index in [1.54, 1.807) is 26.6 Å². The van der Waals surface area contributed by atoms with Gasteiger partial charge >= 0.3 is 0 Å². The first-order chi connectivity index (χ1) is 11.2. The van der Waals surface area contributed by atoms with Gasteiger partial charge in [-0.05, 0) is 12.5 Å². The summed E-state index contributed by atoms with van der Waals surface area (Å²) in [5.41, 5.74) is 1.49. The second-order valence-corrected chi connectivity index (χ2v) is 5.44. The average molecular weight is 323 g/mol. The van der Waals surface area contributed by atoms with Crippen LogP contribution in [0.3, 0.4) is 0 Å². The van der Waals surface area contributed by atoms with Crippen molar-refractivity contribution in [2.24, 2.45) is 0 Å². The Morgan fingerprint density at radius 2 is 2.13 bits per heavy atom. The number of amides is 1. The Bertz CT molecular complexity index is 492. The van der Waals surface area contributed by atoms with Crippen LogP contribution in [0.1, 0.15) is 16.8 Å². The van der Waals surface area contributed by atoms with Crippen LogP contribution in [0.2, 0.25) is 0 Å². The molecule has 1 fully saturated rings. The molecule has 1 N–H and O–H groups in total. The van der Waals surface area contributed by atoms with Gasteiger partial charge in [0.15, 0.2) is 0 Å². The molecule has 23 heavy (non-hydrogen) atoms. The maximum atomic E-state index is 12.4. The van der Waals surface area contributed by atoms with E-state index in [0.29, 0.717) is 38.4 Å². The van der Waals surface area contributed by atoms with Crippen LogP contribution in [-0.4, -0.2) is 70.7 Å². The zero-order chi connectivity index (χ0) is 16.5. The highest BCUT2D eigenvalue weighted by Crippen LogP contribution is 2.16. The van der Waals surface area contributed by atoms with Crippen molar-refractivity contribution in [3.05, 3.63) is 24.0 Å². The van der Waals surface area contributed by atoms with Crippen molar-refractivity contribution in [1.82, 2.24) is 10.3 Å². The van der Waals surface area contributed by atoms with Crippen molar-refractivity contribution in [3.8, 4) is 0 Å². The minimum absolute atomic E-state index is 0.0838. The molecular formula is C16H25N3O4. The molecule has 1 aromatic rings. The number of methoxy groups -OCH3 is 2. The molecule has 1 atom stereocenters. The summed E-state index contributed by atoms with van der Waals surface area (Å²) in [6.45, 7) is 4.04. The van der Waals surface area contributed by atoms with Crippen LogP contribution in [0.5, 0.6) is 0 Å². The molecular weight excluding hydrogens is 298 g/mol. The number of rotatable bonds is 8. The minimum Gasteiger partial charge on any atom is -0.385 e. The van der Waals surface area contributed by atoms with E-state index in [0.717, 1.165) is 18.8 Å². The van der Waals surface area contributed by atoms with Crippen LogP contribution in [0.15, 0.2) is 18.5 Å². The SMILES string of the molecule is COCCC(COC)NC(=O)c1cncc(N2CCOCC2)c1. The third-order valence-electron chi connectivity index (χ3n) is 3.74. The predicted octanol–water partition coefficient (Wildman–Crippen LogP) is 0.700. The Balaban J connectivity index is 2.00. The Morgan fingerprint density at radius 3 is 2.83 bits per heavy atom. The number of ether oxygens (including phenoxy) is 3. The molecule has 0 saturated carbocycles. The lowest BCUT2D eigenvalue weighted by Crippen LogP contribution is -2.39. The first kappa shape index (κ1) is 17.7. The lowest BCUT2D eigenvalue weighted by atomic mass is 10.2. The Morgan fingerprint density at radius 1 is 1.35 bits per heavy atom. The van der Waals surface area contributed by atoms with Crippen molar-refractivity contribution in [2.45, 2.75) is 12.5 Å². The Labute approximate surface area is 136 Å². The molecule has 1 aliphatic rings. The molecule has 1 saturated heterocycles. The maximum Gasteiger partial charge on any atom is 0.253 e. The van der Waals surface area contributed by atoms with Gasteiger partial charge in [0, 0.05) is 40.1 Å². The van der Waals surface area contributed by atoms with E-state index >= 15 is 0 Å². The zero-order valence-electron chi connectivity index (χ0n) is 13.8. The summed E-state index contributed by atoms with van der Waals surface area (Å²) in [5, 5.41) is 2.97. The molecule has 2 heterocycles. The second kappa shape index (κ2) is 9.44. The summed E-state index contributed by atoms with van der Waals surface area (Å²) in [6, 6.07) is 1.79. The molecule has 0 aliphatic carbocycles. The third-order valence-corrected chi connectivity index (χ3v) is 3.74. The molecule has 1 unspecified atom stereocenters. The van der Waals surface area contributed by atoms with Gasteiger partial charge < -0.3 is 24.4 Å². The molecule has 0 aromatic carbocycles. The largest absolute Gasteiger partial charge is 0.385 e. The number of nitrogens with zero attached hydrogens (tertiary/aromatic N) is 2. The highest BCUT2D eigenvalue weighted by molar-refractivity contribution is 5.95. The summed E-state index contributed by atoms with van der Waals surface area (Å²) in [7, 11) is 3.26. The van der Waals surface area contributed by atoms with Gasteiger partial charge in [-0.1, -0.05) is 0 Å². The zero-order valence-corrected chi connectivity index (χ0v) is 13.8. The molecule has 0 radical (unpaired) electrons. The average Bonchev–Trinajstić information content (AvgIpc) is 2.60. The van der Waals surface area contributed by atoms with Gasteiger partial charge in [-0.3, -0.25) is 9.78 Å². The van der Waals surface area contributed by atoms with Crippen LogP contribution in [-0.2, 0) is 14.2 Å². The van der Waals surface area contributed by atoms with Gasteiger partial charge in [0.25, 0.3) is 5.91 Å². The van der Waals surface area contributed by atoms with E-state index < -0.39 is 0 Å². The molecule has 128 valence electrons. The normalized spacial score (nSPS) is 16.2. The fraction of sp³-hybridized carbons (Fsp3) is 0.625. The number of pyridine rings is 1. The van der Waals surface area contributed by atoms with Gasteiger partial charge in [0.05, 0.1) is 43.3 Å². The van der Waals surface area contributed by atoms with Gasteiger partial charge in [0.2, 0.25) is 0 Å². The van der Waals surface area contributed by atoms with Crippen LogP contribution in [0, 0.1) is 0 Å². The molecule has 1 aliphatic heterocycles. The van der Waals surface area contributed by atoms with E-state index in [4.69, 9.17) is 14.2 Å². The van der Waals surface area contributed by atoms with Crippen LogP contribution < -0.4 is 10.2 Å². The van der Waals surface area contributed by atoms with Crippen molar-refractivity contribution in [2.75, 3.05) is 58.6 Å². The van der Waals surface area contributed by atoms with Crippen LogP contribution in [0.4, 0.5) is 5.69 Å². The van der Waals surface area contributed by atoms with Gasteiger partial charge in [-0.2, -0.15) is 0 Å². The Hall–Kier alpha value is -1.70. The smallest absolute Gasteiger partial charge is 0.253 e. The summed E-state index contributed by atoms with van der Waals surface area (Å²) in [5.74, 6) is -0.147. The molecule has 0 bridgehead atoms. The number of morpholine rings is 1. The number of aromatic nitrogens is 1. The predicted molar refractivity (Wildman–Crippen MR) is 86.9 cm³/mol. The molecule has 1 aromatic heterocycles. The van der Waals surface area contributed by atoms with Crippen molar-refractivity contribution >= 4 is 11.6 Å². The molecule has 2 rings (SSSR count). The maximum absolute atomic E-state index is 12.4. The molecule has 1 amide bonds. The number of hydrogen-bond donors (Lipinski definition) is 1. The van der Waals surface area contributed by atoms with E-state index in [9.17, 15) is 4.79 Å². The highest BCUT2D eigenvalue weighted by atomic mass is 16.5. The number of carbonyl (C=O) groups is 1. The van der Waals surface area contributed by atoms with Crippen LogP contribution in [0.25, 0.3) is 0 Å². The van der Waals surface area contributed by atoms with Gasteiger partial charge in [0.1, 0.15) is 0 Å². The highest BCUT2D eigenvalue weighted by Gasteiger charge is 2.17. The lowest BCUT2D eigenvalue weighted by molar-refractivity contribution is 0.0863. The minimum atomic E-state index is -0.147. The topological polar surface area (TPSA) is 72.9 Å². The van der Waals surface area contributed by atoms with Gasteiger partial charge in [-0.15, -0.1) is 0 Å². The van der Waals surface area contributed by atoms with Gasteiger partial charge in [-0.25, -0.2) is 0 Å². The summed E-state index contributed by atoms with van der Waals surface area (Å²) in [6.07, 6.45) is 4.06. The van der Waals surface area contributed by atoms with E-state index in [-0.39, 0.29) is 11.9 Å². The third kappa shape index (κ3) is 5.46. The van der Waals surface area contributed by atoms with Crippen molar-refractivity contribution < 1.29 is 19.0 Å². The fourth-order valence-electron chi connectivity index (χ4n) is 2.47. The number of carbonyl (C=O) groups excluding carboxylic acids is 1. The Kier molecular flexibility index (Phi) is 7.25. The first-order valence-corrected chi connectivity index (χ1v) is 7.81. The summed E-state index contributed by atoms with van der Waals surface area (Å²) >= 11 is 0. The lowest BCUT2D eigenvalue weighted by Gasteiger charge is -2.28. The molecule has 7 nitrogen and oxygen atoms in total. The number of anilines is 1. The van der Waals surface area contributed by atoms with Crippen molar-refractivity contribution in [1.29, 1.82) is 0 Å². The molecule has 0 spiro atoms.